The van der Waals surface area contributed by atoms with Crippen molar-refractivity contribution >= 4 is 27.6 Å². The molecule has 118 valence electrons. The van der Waals surface area contributed by atoms with Gasteiger partial charge in [0.15, 0.2) is 5.03 Å². The van der Waals surface area contributed by atoms with E-state index in [4.69, 9.17) is 11.6 Å². The Hall–Kier alpha value is -1.12. The summed E-state index contributed by atoms with van der Waals surface area (Å²) in [5.74, 6) is -1.11. The van der Waals surface area contributed by atoms with Crippen LogP contribution in [0.5, 0.6) is 0 Å². The van der Waals surface area contributed by atoms with Crippen LogP contribution >= 0.6 is 11.6 Å². The average molecular weight is 336 g/mol. The van der Waals surface area contributed by atoms with E-state index in [2.05, 4.69) is 5.10 Å². The third kappa shape index (κ3) is 2.45. The molecule has 1 aromatic rings. The molecule has 2 heterocycles. The van der Waals surface area contributed by atoms with Crippen LogP contribution in [0.1, 0.15) is 32.6 Å². The van der Waals surface area contributed by atoms with Gasteiger partial charge < -0.3 is 5.11 Å². The summed E-state index contributed by atoms with van der Waals surface area (Å²) in [5, 5.41) is 13.3. The van der Waals surface area contributed by atoms with E-state index >= 15 is 0 Å². The summed E-state index contributed by atoms with van der Waals surface area (Å²) in [4.78, 5) is 11.7. The summed E-state index contributed by atoms with van der Waals surface area (Å²) >= 11 is 5.92. The molecule has 7 nitrogen and oxygen atoms in total. The third-order valence-corrected chi connectivity index (χ3v) is 6.34. The normalized spacial score (nSPS) is 23.6. The van der Waals surface area contributed by atoms with Crippen molar-refractivity contribution < 1.29 is 18.3 Å². The lowest BCUT2D eigenvalue weighted by atomic mass is 9.92. The molecule has 1 aliphatic heterocycles. The van der Waals surface area contributed by atoms with E-state index in [9.17, 15) is 18.3 Å². The molecule has 1 fully saturated rings. The summed E-state index contributed by atoms with van der Waals surface area (Å²) in [7, 11) is -2.54. The van der Waals surface area contributed by atoms with Crippen molar-refractivity contribution in [2.45, 2.75) is 43.2 Å². The molecule has 0 spiro atoms. The number of carbonyl (C=O) groups is 1. The lowest BCUT2D eigenvalue weighted by Gasteiger charge is -2.33. The predicted molar refractivity (Wildman–Crippen MR) is 76.6 cm³/mol. The first-order valence-corrected chi connectivity index (χ1v) is 8.53. The minimum atomic E-state index is -4.01. The summed E-state index contributed by atoms with van der Waals surface area (Å²) in [6, 6.07) is 0. The van der Waals surface area contributed by atoms with Crippen LogP contribution in [0.3, 0.4) is 0 Å². The highest BCUT2D eigenvalue weighted by Gasteiger charge is 2.53. The summed E-state index contributed by atoms with van der Waals surface area (Å²) < 4.78 is 27.9. The second-order valence-electron chi connectivity index (χ2n) is 5.19. The van der Waals surface area contributed by atoms with Crippen LogP contribution in [-0.4, -0.2) is 45.7 Å². The highest BCUT2D eigenvalue weighted by atomic mass is 35.5. The topological polar surface area (TPSA) is 92.5 Å². The van der Waals surface area contributed by atoms with Gasteiger partial charge in [-0.3, -0.25) is 9.48 Å². The van der Waals surface area contributed by atoms with Gasteiger partial charge in [-0.1, -0.05) is 24.9 Å². The van der Waals surface area contributed by atoms with Crippen LogP contribution in [0.25, 0.3) is 0 Å². The first-order valence-electron chi connectivity index (χ1n) is 6.71. The number of carboxylic acid groups (broad SMARTS) is 1. The number of aliphatic carboxylic acids is 1. The maximum absolute atomic E-state index is 12.8. The zero-order valence-corrected chi connectivity index (χ0v) is 13.5. The molecule has 0 bridgehead atoms. The van der Waals surface area contributed by atoms with E-state index in [-0.39, 0.29) is 23.0 Å². The molecule has 1 unspecified atom stereocenters. The lowest BCUT2D eigenvalue weighted by Crippen LogP contribution is -2.53. The Morgan fingerprint density at radius 2 is 2.24 bits per heavy atom. The number of rotatable bonds is 5. The molecular weight excluding hydrogens is 318 g/mol. The average Bonchev–Trinajstić information content (AvgIpc) is 2.95. The zero-order chi connectivity index (χ0) is 15.8. The van der Waals surface area contributed by atoms with E-state index < -0.39 is 21.5 Å². The molecule has 9 heteroatoms. The van der Waals surface area contributed by atoms with Gasteiger partial charge in [0.1, 0.15) is 5.54 Å². The van der Waals surface area contributed by atoms with Gasteiger partial charge in [0.25, 0.3) is 10.0 Å². The van der Waals surface area contributed by atoms with Gasteiger partial charge in [-0.05, 0) is 19.3 Å². The summed E-state index contributed by atoms with van der Waals surface area (Å²) in [5.41, 5.74) is -1.39. The van der Waals surface area contributed by atoms with E-state index in [1.165, 1.54) is 13.2 Å². The van der Waals surface area contributed by atoms with Crippen LogP contribution in [0.2, 0.25) is 5.02 Å². The van der Waals surface area contributed by atoms with Crippen molar-refractivity contribution in [3.05, 3.63) is 11.2 Å². The minimum Gasteiger partial charge on any atom is -0.480 e. The number of aromatic nitrogens is 2. The van der Waals surface area contributed by atoms with E-state index in [0.29, 0.717) is 19.3 Å². The second kappa shape index (κ2) is 5.58. The van der Waals surface area contributed by atoms with Gasteiger partial charge in [-0.25, -0.2) is 8.42 Å². The predicted octanol–water partition coefficient (Wildman–Crippen LogP) is 1.48. The highest BCUT2D eigenvalue weighted by molar-refractivity contribution is 7.89. The van der Waals surface area contributed by atoms with Crippen molar-refractivity contribution in [2.75, 3.05) is 6.54 Å². The van der Waals surface area contributed by atoms with E-state index in [1.54, 1.807) is 0 Å². The quantitative estimate of drug-likeness (QED) is 0.879. The van der Waals surface area contributed by atoms with Gasteiger partial charge in [0.05, 0.1) is 11.2 Å². The number of hydrogen-bond donors (Lipinski definition) is 1. The molecule has 1 N–H and O–H groups in total. The van der Waals surface area contributed by atoms with Gasteiger partial charge in [0, 0.05) is 13.6 Å². The fourth-order valence-electron chi connectivity index (χ4n) is 2.98. The first-order chi connectivity index (χ1) is 9.77. The van der Waals surface area contributed by atoms with Crippen molar-refractivity contribution in [3.63, 3.8) is 0 Å². The van der Waals surface area contributed by atoms with Gasteiger partial charge in [0.2, 0.25) is 0 Å². The molecule has 1 saturated heterocycles. The molecule has 0 aliphatic carbocycles. The SMILES string of the molecule is CCCC1(C(=O)O)CCCN1S(=O)(=O)c1c(Cl)cnn1C. The largest absolute Gasteiger partial charge is 0.480 e. The maximum Gasteiger partial charge on any atom is 0.325 e. The van der Waals surface area contributed by atoms with E-state index in [1.807, 2.05) is 6.92 Å². The van der Waals surface area contributed by atoms with E-state index in [0.717, 1.165) is 8.99 Å². The van der Waals surface area contributed by atoms with Crippen molar-refractivity contribution in [1.29, 1.82) is 0 Å². The van der Waals surface area contributed by atoms with Crippen LogP contribution in [0.4, 0.5) is 0 Å². The lowest BCUT2D eigenvalue weighted by molar-refractivity contribution is -0.147. The number of sulfonamides is 1. The second-order valence-corrected chi connectivity index (χ2v) is 7.37. The van der Waals surface area contributed by atoms with Gasteiger partial charge in [-0.15, -0.1) is 0 Å². The third-order valence-electron chi connectivity index (χ3n) is 3.87. The molecule has 1 atom stereocenters. The number of carboxylic acids is 1. The monoisotopic (exact) mass is 335 g/mol. The number of hydrogen-bond acceptors (Lipinski definition) is 4. The van der Waals surface area contributed by atoms with Crippen molar-refractivity contribution in [2.24, 2.45) is 7.05 Å². The Balaban J connectivity index is 2.56. The van der Waals surface area contributed by atoms with Crippen LogP contribution in [0.15, 0.2) is 11.2 Å². The summed E-state index contributed by atoms with van der Waals surface area (Å²) in [6.07, 6.45) is 2.92. The molecule has 1 aromatic heterocycles. The van der Waals surface area contributed by atoms with Gasteiger partial charge >= 0.3 is 5.97 Å². The van der Waals surface area contributed by atoms with Crippen molar-refractivity contribution in [1.82, 2.24) is 14.1 Å². The van der Waals surface area contributed by atoms with Gasteiger partial charge in [-0.2, -0.15) is 9.40 Å². The smallest absolute Gasteiger partial charge is 0.325 e. The number of aryl methyl sites for hydroxylation is 1. The van der Waals surface area contributed by atoms with Crippen LogP contribution in [-0.2, 0) is 21.9 Å². The summed E-state index contributed by atoms with van der Waals surface area (Å²) in [6.45, 7) is 2.01. The van der Waals surface area contributed by atoms with Crippen molar-refractivity contribution in [3.8, 4) is 0 Å². The van der Waals surface area contributed by atoms with Crippen LogP contribution < -0.4 is 0 Å². The number of halogens is 1. The Morgan fingerprint density at radius 1 is 1.57 bits per heavy atom. The Morgan fingerprint density at radius 3 is 2.71 bits per heavy atom. The molecule has 0 saturated carbocycles. The standard InChI is InChI=1S/C12H18ClN3O4S/c1-3-5-12(11(17)18)6-4-7-16(12)21(19,20)10-9(13)8-14-15(10)2/h8H,3-7H2,1-2H3,(H,17,18). The molecule has 0 amide bonds. The molecule has 21 heavy (non-hydrogen) atoms. The molecule has 2 rings (SSSR count). The molecule has 1 aliphatic rings. The molecular formula is C12H18ClN3O4S. The molecule has 0 radical (unpaired) electrons. The maximum atomic E-state index is 12.8. The van der Waals surface area contributed by atoms with Crippen LogP contribution in [0, 0.1) is 0 Å². The number of nitrogens with zero attached hydrogens (tertiary/aromatic N) is 3. The Bertz CT molecular complexity index is 638. The Labute approximate surface area is 128 Å². The molecule has 0 aromatic carbocycles. The fraction of sp³-hybridized carbons (Fsp3) is 0.667. The fourth-order valence-corrected chi connectivity index (χ4v) is 5.42. The minimum absolute atomic E-state index is 0.000173. The zero-order valence-electron chi connectivity index (χ0n) is 11.9. The highest BCUT2D eigenvalue weighted by Crippen LogP contribution is 2.39. The Kier molecular flexibility index (Phi) is 4.32. The first kappa shape index (κ1) is 16.3.